The molecule has 3 aliphatic rings. The van der Waals surface area contributed by atoms with E-state index in [1.807, 2.05) is 41.3 Å². The lowest BCUT2D eigenvalue weighted by Gasteiger charge is -2.36. The minimum atomic E-state index is -0.450. The lowest BCUT2D eigenvalue weighted by molar-refractivity contribution is -0.121. The fourth-order valence-electron chi connectivity index (χ4n) is 5.47. The summed E-state index contributed by atoms with van der Waals surface area (Å²) in [6.45, 7) is 4.41. The number of hydrogen-bond acceptors (Lipinski definition) is 5. The molecule has 2 aromatic rings. The van der Waals surface area contributed by atoms with Crippen LogP contribution in [0.15, 0.2) is 58.3 Å². The number of Topliss-reactive ketones (excluding diaryl/α,β-unsaturated/α-hetero) is 1. The molecule has 1 fully saturated rings. The van der Waals surface area contributed by atoms with Crippen molar-refractivity contribution in [2.24, 2.45) is 5.41 Å². The SMILES string of the molecule is CC1(C)CC(=O)C2=C(C1)Nc1ccccc1N(CC(=O)NC1CCCC1)[C@@H]2c1ccco1. The Labute approximate surface area is 189 Å². The largest absolute Gasteiger partial charge is 0.467 e. The van der Waals surface area contributed by atoms with Crippen molar-refractivity contribution in [2.45, 2.75) is 64.5 Å². The number of allylic oxidation sites excluding steroid dienone is 1. The Morgan fingerprint density at radius 3 is 2.69 bits per heavy atom. The van der Waals surface area contributed by atoms with Crippen LogP contribution in [0.25, 0.3) is 0 Å². The van der Waals surface area contributed by atoms with Gasteiger partial charge in [0, 0.05) is 23.7 Å². The summed E-state index contributed by atoms with van der Waals surface area (Å²) in [7, 11) is 0. The molecule has 0 unspecified atom stereocenters. The van der Waals surface area contributed by atoms with E-state index in [-0.39, 0.29) is 29.7 Å². The van der Waals surface area contributed by atoms with Crippen LogP contribution in [0.3, 0.4) is 0 Å². The molecular formula is C26H31N3O3. The van der Waals surface area contributed by atoms with Crippen LogP contribution >= 0.6 is 0 Å². The number of para-hydroxylation sites is 2. The molecule has 0 spiro atoms. The lowest BCUT2D eigenvalue weighted by atomic mass is 9.74. The van der Waals surface area contributed by atoms with Crippen LogP contribution in [-0.4, -0.2) is 24.3 Å². The van der Waals surface area contributed by atoms with Crippen molar-refractivity contribution < 1.29 is 14.0 Å². The molecule has 5 rings (SSSR count). The molecular weight excluding hydrogens is 402 g/mol. The van der Waals surface area contributed by atoms with Crippen molar-refractivity contribution in [3.8, 4) is 0 Å². The second kappa shape index (κ2) is 8.15. The van der Waals surface area contributed by atoms with Gasteiger partial charge in [-0.05, 0) is 48.9 Å². The van der Waals surface area contributed by atoms with Gasteiger partial charge in [0.2, 0.25) is 5.91 Å². The summed E-state index contributed by atoms with van der Waals surface area (Å²) in [5.74, 6) is 0.771. The van der Waals surface area contributed by atoms with E-state index in [0.29, 0.717) is 17.8 Å². The number of amides is 1. The third-order valence-corrected chi connectivity index (χ3v) is 6.85. The number of carbonyl (C=O) groups is 2. The fourth-order valence-corrected chi connectivity index (χ4v) is 5.47. The number of furan rings is 1. The zero-order valence-electron chi connectivity index (χ0n) is 18.8. The average molecular weight is 434 g/mol. The molecule has 1 atom stereocenters. The van der Waals surface area contributed by atoms with Crippen LogP contribution < -0.4 is 15.5 Å². The quantitative estimate of drug-likeness (QED) is 0.713. The van der Waals surface area contributed by atoms with E-state index in [1.54, 1.807) is 6.26 Å². The highest BCUT2D eigenvalue weighted by Gasteiger charge is 2.43. The molecule has 32 heavy (non-hydrogen) atoms. The molecule has 0 radical (unpaired) electrons. The van der Waals surface area contributed by atoms with Gasteiger partial charge in [-0.3, -0.25) is 9.59 Å². The second-order valence-corrected chi connectivity index (χ2v) is 10.1. The number of anilines is 2. The predicted octanol–water partition coefficient (Wildman–Crippen LogP) is 4.95. The fraction of sp³-hybridized carbons (Fsp3) is 0.462. The van der Waals surface area contributed by atoms with E-state index >= 15 is 0 Å². The van der Waals surface area contributed by atoms with E-state index in [0.717, 1.165) is 49.2 Å². The normalized spacial score (nSPS) is 22.8. The Bertz CT molecular complexity index is 1050. The third-order valence-electron chi connectivity index (χ3n) is 6.85. The Kier molecular flexibility index (Phi) is 5.31. The maximum Gasteiger partial charge on any atom is 0.239 e. The van der Waals surface area contributed by atoms with E-state index in [1.165, 1.54) is 0 Å². The number of carbonyl (C=O) groups excluding carboxylic acids is 2. The van der Waals surface area contributed by atoms with Crippen LogP contribution in [0.2, 0.25) is 0 Å². The maximum atomic E-state index is 13.5. The monoisotopic (exact) mass is 433 g/mol. The summed E-state index contributed by atoms with van der Waals surface area (Å²) in [6, 6.07) is 11.5. The van der Waals surface area contributed by atoms with Crippen molar-refractivity contribution in [2.75, 3.05) is 16.8 Å². The Balaban J connectivity index is 1.60. The van der Waals surface area contributed by atoms with Gasteiger partial charge in [0.15, 0.2) is 5.78 Å². The van der Waals surface area contributed by atoms with Crippen LogP contribution in [0.4, 0.5) is 11.4 Å². The second-order valence-electron chi connectivity index (χ2n) is 10.1. The third kappa shape index (κ3) is 3.94. The summed E-state index contributed by atoms with van der Waals surface area (Å²) in [6.07, 6.45) is 7.27. The number of benzene rings is 1. The summed E-state index contributed by atoms with van der Waals surface area (Å²) in [5, 5.41) is 6.77. The number of nitrogens with one attached hydrogen (secondary N) is 2. The van der Waals surface area contributed by atoms with Crippen molar-refractivity contribution in [3.05, 3.63) is 59.7 Å². The average Bonchev–Trinajstić information content (AvgIpc) is 3.41. The van der Waals surface area contributed by atoms with Gasteiger partial charge in [-0.1, -0.05) is 38.8 Å². The smallest absolute Gasteiger partial charge is 0.239 e. The molecule has 2 aliphatic carbocycles. The van der Waals surface area contributed by atoms with E-state index in [2.05, 4.69) is 24.5 Å². The number of ketones is 1. The zero-order valence-corrected chi connectivity index (χ0v) is 18.8. The number of fused-ring (bicyclic) bond motifs is 1. The van der Waals surface area contributed by atoms with Gasteiger partial charge in [0.05, 0.1) is 24.2 Å². The molecule has 6 nitrogen and oxygen atoms in total. The van der Waals surface area contributed by atoms with E-state index in [4.69, 9.17) is 4.42 Å². The predicted molar refractivity (Wildman–Crippen MR) is 124 cm³/mol. The lowest BCUT2D eigenvalue weighted by Crippen LogP contribution is -2.44. The summed E-state index contributed by atoms with van der Waals surface area (Å²) in [4.78, 5) is 28.7. The van der Waals surface area contributed by atoms with Gasteiger partial charge in [0.25, 0.3) is 0 Å². The molecule has 168 valence electrons. The number of rotatable bonds is 4. The van der Waals surface area contributed by atoms with Crippen LogP contribution in [-0.2, 0) is 9.59 Å². The van der Waals surface area contributed by atoms with E-state index < -0.39 is 6.04 Å². The first-order chi connectivity index (χ1) is 15.4. The van der Waals surface area contributed by atoms with Gasteiger partial charge < -0.3 is 20.0 Å². The first kappa shape index (κ1) is 20.9. The molecule has 2 N–H and O–H groups in total. The van der Waals surface area contributed by atoms with Gasteiger partial charge in [-0.25, -0.2) is 0 Å². The topological polar surface area (TPSA) is 74.6 Å². The van der Waals surface area contributed by atoms with Gasteiger partial charge >= 0.3 is 0 Å². The molecule has 0 bridgehead atoms. The molecule has 1 amide bonds. The molecule has 1 saturated carbocycles. The highest BCUT2D eigenvalue weighted by Crippen LogP contribution is 2.48. The van der Waals surface area contributed by atoms with E-state index in [9.17, 15) is 9.59 Å². The molecule has 2 heterocycles. The van der Waals surface area contributed by atoms with Gasteiger partial charge in [-0.15, -0.1) is 0 Å². The Morgan fingerprint density at radius 2 is 1.94 bits per heavy atom. The number of nitrogens with zero attached hydrogens (tertiary/aromatic N) is 1. The molecule has 1 aromatic carbocycles. The van der Waals surface area contributed by atoms with Crippen LogP contribution in [0.1, 0.15) is 64.2 Å². The van der Waals surface area contributed by atoms with Crippen LogP contribution in [0, 0.1) is 5.41 Å². The van der Waals surface area contributed by atoms with Crippen LogP contribution in [0.5, 0.6) is 0 Å². The highest BCUT2D eigenvalue weighted by atomic mass is 16.3. The first-order valence-electron chi connectivity index (χ1n) is 11.6. The van der Waals surface area contributed by atoms with Crippen molar-refractivity contribution in [1.29, 1.82) is 0 Å². The number of hydrogen-bond donors (Lipinski definition) is 2. The Hall–Kier alpha value is -3.02. The standard InChI is InChI=1S/C26H31N3O3/c1-26(2)14-19-24(21(30)15-26)25(22-12-7-13-32-22)29(20-11-6-5-10-18(20)28-19)16-23(31)27-17-8-3-4-9-17/h5-7,10-13,17,25,28H,3-4,8-9,14-16H2,1-2H3,(H,27,31)/t25-/m1/s1. The van der Waals surface area contributed by atoms with Crippen molar-refractivity contribution in [3.63, 3.8) is 0 Å². The minimum absolute atomic E-state index is 0.0177. The highest BCUT2D eigenvalue weighted by molar-refractivity contribution is 6.01. The maximum absolute atomic E-state index is 13.5. The van der Waals surface area contributed by atoms with Gasteiger partial charge in [0.1, 0.15) is 11.8 Å². The van der Waals surface area contributed by atoms with Gasteiger partial charge in [-0.2, -0.15) is 0 Å². The molecule has 1 aliphatic heterocycles. The van der Waals surface area contributed by atoms with Crippen molar-refractivity contribution in [1.82, 2.24) is 5.32 Å². The summed E-state index contributed by atoms with van der Waals surface area (Å²) < 4.78 is 5.85. The summed E-state index contributed by atoms with van der Waals surface area (Å²) in [5.41, 5.74) is 3.33. The molecule has 6 heteroatoms. The zero-order chi connectivity index (χ0) is 22.3. The van der Waals surface area contributed by atoms with Crippen molar-refractivity contribution >= 4 is 23.1 Å². The minimum Gasteiger partial charge on any atom is -0.467 e. The molecule has 0 saturated heterocycles. The Morgan fingerprint density at radius 1 is 1.16 bits per heavy atom. The summed E-state index contributed by atoms with van der Waals surface area (Å²) >= 11 is 0. The first-order valence-corrected chi connectivity index (χ1v) is 11.6. The molecule has 1 aromatic heterocycles.